The SMILES string of the molecule is O=C(NCCc1ccccc1F)c1ccnc(Nc2cccc(Cl)c2)n1. The molecule has 0 fully saturated rings. The number of benzene rings is 2. The van der Waals surface area contributed by atoms with Gasteiger partial charge in [-0.2, -0.15) is 0 Å². The quantitative estimate of drug-likeness (QED) is 0.688. The van der Waals surface area contributed by atoms with Crippen LogP contribution >= 0.6 is 11.6 Å². The molecule has 0 saturated heterocycles. The highest BCUT2D eigenvalue weighted by Gasteiger charge is 2.09. The Hall–Kier alpha value is -2.99. The monoisotopic (exact) mass is 370 g/mol. The molecule has 26 heavy (non-hydrogen) atoms. The molecule has 0 bridgehead atoms. The third-order valence-electron chi connectivity index (χ3n) is 3.61. The average Bonchev–Trinajstić information content (AvgIpc) is 2.63. The van der Waals surface area contributed by atoms with Crippen LogP contribution in [0.5, 0.6) is 0 Å². The van der Waals surface area contributed by atoms with Gasteiger partial charge in [0, 0.05) is 23.5 Å². The van der Waals surface area contributed by atoms with E-state index in [4.69, 9.17) is 11.6 Å². The fourth-order valence-corrected chi connectivity index (χ4v) is 2.53. The first-order valence-corrected chi connectivity index (χ1v) is 8.37. The fourth-order valence-electron chi connectivity index (χ4n) is 2.34. The van der Waals surface area contributed by atoms with Crippen molar-refractivity contribution in [1.82, 2.24) is 15.3 Å². The average molecular weight is 371 g/mol. The highest BCUT2D eigenvalue weighted by atomic mass is 35.5. The van der Waals surface area contributed by atoms with E-state index >= 15 is 0 Å². The molecule has 2 aromatic carbocycles. The summed E-state index contributed by atoms with van der Waals surface area (Å²) in [5, 5.41) is 6.30. The summed E-state index contributed by atoms with van der Waals surface area (Å²) in [7, 11) is 0. The summed E-state index contributed by atoms with van der Waals surface area (Å²) in [6, 6.07) is 15.1. The zero-order valence-corrected chi connectivity index (χ0v) is 14.5. The largest absolute Gasteiger partial charge is 0.350 e. The maximum absolute atomic E-state index is 13.6. The Morgan fingerprint density at radius 3 is 2.77 bits per heavy atom. The molecule has 0 aliphatic carbocycles. The van der Waals surface area contributed by atoms with Gasteiger partial charge < -0.3 is 10.6 Å². The molecular weight excluding hydrogens is 355 g/mol. The Kier molecular flexibility index (Phi) is 5.76. The van der Waals surface area contributed by atoms with Crippen LogP contribution in [0.2, 0.25) is 5.02 Å². The van der Waals surface area contributed by atoms with E-state index in [1.165, 1.54) is 18.3 Å². The molecule has 0 unspecified atom stereocenters. The molecule has 0 spiro atoms. The number of nitrogens with one attached hydrogen (secondary N) is 2. The van der Waals surface area contributed by atoms with Gasteiger partial charge in [-0.05, 0) is 42.3 Å². The highest BCUT2D eigenvalue weighted by Crippen LogP contribution is 2.17. The number of carbonyl (C=O) groups is 1. The molecule has 0 radical (unpaired) electrons. The molecule has 7 heteroatoms. The Morgan fingerprint density at radius 2 is 1.96 bits per heavy atom. The zero-order valence-electron chi connectivity index (χ0n) is 13.7. The van der Waals surface area contributed by atoms with Gasteiger partial charge in [-0.3, -0.25) is 4.79 Å². The maximum atomic E-state index is 13.6. The van der Waals surface area contributed by atoms with Gasteiger partial charge >= 0.3 is 0 Å². The smallest absolute Gasteiger partial charge is 0.270 e. The minimum atomic E-state index is -0.349. The van der Waals surface area contributed by atoms with E-state index in [1.807, 2.05) is 6.07 Å². The van der Waals surface area contributed by atoms with Crippen LogP contribution in [0.3, 0.4) is 0 Å². The molecule has 132 valence electrons. The molecule has 0 aliphatic heterocycles. The summed E-state index contributed by atoms with van der Waals surface area (Å²) in [6.07, 6.45) is 1.89. The van der Waals surface area contributed by atoms with Crippen molar-refractivity contribution >= 4 is 29.1 Å². The highest BCUT2D eigenvalue weighted by molar-refractivity contribution is 6.30. The first-order chi connectivity index (χ1) is 12.6. The minimum absolute atomic E-state index is 0.220. The van der Waals surface area contributed by atoms with Crippen LogP contribution in [0.15, 0.2) is 60.8 Å². The van der Waals surface area contributed by atoms with E-state index in [-0.39, 0.29) is 23.4 Å². The molecule has 1 aromatic heterocycles. The maximum Gasteiger partial charge on any atom is 0.270 e. The van der Waals surface area contributed by atoms with Crippen LogP contribution in [-0.4, -0.2) is 22.4 Å². The number of nitrogens with zero attached hydrogens (tertiary/aromatic N) is 2. The Labute approximate surface area is 155 Å². The minimum Gasteiger partial charge on any atom is -0.350 e. The van der Waals surface area contributed by atoms with Gasteiger partial charge in [0.2, 0.25) is 5.95 Å². The molecule has 3 aromatic rings. The lowest BCUT2D eigenvalue weighted by Gasteiger charge is -2.08. The lowest BCUT2D eigenvalue weighted by Crippen LogP contribution is -2.27. The molecule has 2 N–H and O–H groups in total. The Bertz CT molecular complexity index is 919. The standard InChI is InChI=1S/C19H16ClFN4O/c20-14-5-3-6-15(12-14)24-19-23-11-9-17(25-19)18(26)22-10-8-13-4-1-2-7-16(13)21/h1-7,9,11-12H,8,10H2,(H,22,26)(H,23,24,25). The van der Waals surface area contributed by atoms with Crippen molar-refractivity contribution in [3.05, 3.63) is 82.9 Å². The van der Waals surface area contributed by atoms with E-state index in [0.717, 1.165) is 5.69 Å². The third kappa shape index (κ3) is 4.77. The number of hydrogen-bond acceptors (Lipinski definition) is 4. The second kappa shape index (κ2) is 8.40. The third-order valence-corrected chi connectivity index (χ3v) is 3.84. The predicted octanol–water partition coefficient (Wildman–Crippen LogP) is 3.99. The van der Waals surface area contributed by atoms with Crippen LogP contribution in [0, 0.1) is 5.82 Å². The Morgan fingerprint density at radius 1 is 1.12 bits per heavy atom. The number of carbonyl (C=O) groups excluding carboxylic acids is 1. The van der Waals surface area contributed by atoms with E-state index in [1.54, 1.807) is 36.4 Å². The normalized spacial score (nSPS) is 10.4. The lowest BCUT2D eigenvalue weighted by molar-refractivity contribution is 0.0949. The van der Waals surface area contributed by atoms with Crippen molar-refractivity contribution in [3.63, 3.8) is 0 Å². The lowest BCUT2D eigenvalue weighted by atomic mass is 10.1. The van der Waals surface area contributed by atoms with Crippen molar-refractivity contribution in [3.8, 4) is 0 Å². The molecule has 0 atom stereocenters. The van der Waals surface area contributed by atoms with Crippen molar-refractivity contribution in [2.75, 3.05) is 11.9 Å². The van der Waals surface area contributed by atoms with Crippen molar-refractivity contribution in [2.24, 2.45) is 0 Å². The fraction of sp³-hybridized carbons (Fsp3) is 0.105. The number of amides is 1. The molecular formula is C19H16ClFN4O. The first kappa shape index (κ1) is 17.8. The summed E-state index contributed by atoms with van der Waals surface area (Å²) < 4.78 is 13.6. The van der Waals surface area contributed by atoms with Crippen LogP contribution < -0.4 is 10.6 Å². The number of rotatable bonds is 6. The summed E-state index contributed by atoms with van der Waals surface area (Å²) in [4.78, 5) is 20.5. The van der Waals surface area contributed by atoms with Gasteiger partial charge in [0.1, 0.15) is 11.5 Å². The van der Waals surface area contributed by atoms with Crippen LogP contribution in [0.1, 0.15) is 16.1 Å². The van der Waals surface area contributed by atoms with Crippen molar-refractivity contribution in [1.29, 1.82) is 0 Å². The molecule has 1 heterocycles. The summed E-state index contributed by atoms with van der Waals surface area (Å²) in [5.74, 6) is -0.344. The number of halogens is 2. The van der Waals surface area contributed by atoms with E-state index in [2.05, 4.69) is 20.6 Å². The van der Waals surface area contributed by atoms with Crippen LogP contribution in [0.25, 0.3) is 0 Å². The summed E-state index contributed by atoms with van der Waals surface area (Å²) >= 11 is 5.94. The van der Waals surface area contributed by atoms with E-state index in [0.29, 0.717) is 23.6 Å². The van der Waals surface area contributed by atoms with Gasteiger partial charge in [0.05, 0.1) is 0 Å². The number of aromatic nitrogens is 2. The van der Waals surface area contributed by atoms with Gasteiger partial charge in [0.25, 0.3) is 5.91 Å². The zero-order chi connectivity index (χ0) is 18.4. The molecule has 1 amide bonds. The molecule has 5 nitrogen and oxygen atoms in total. The number of anilines is 2. The van der Waals surface area contributed by atoms with Crippen molar-refractivity contribution < 1.29 is 9.18 Å². The molecule has 0 aliphatic rings. The molecule has 3 rings (SSSR count). The van der Waals surface area contributed by atoms with Crippen LogP contribution in [-0.2, 0) is 6.42 Å². The topological polar surface area (TPSA) is 66.9 Å². The van der Waals surface area contributed by atoms with Gasteiger partial charge in [-0.25, -0.2) is 14.4 Å². The van der Waals surface area contributed by atoms with Gasteiger partial charge in [-0.1, -0.05) is 35.9 Å². The van der Waals surface area contributed by atoms with Crippen molar-refractivity contribution in [2.45, 2.75) is 6.42 Å². The van der Waals surface area contributed by atoms with Gasteiger partial charge in [0.15, 0.2) is 0 Å². The van der Waals surface area contributed by atoms with E-state index in [9.17, 15) is 9.18 Å². The van der Waals surface area contributed by atoms with E-state index < -0.39 is 0 Å². The summed E-state index contributed by atoms with van der Waals surface area (Å²) in [5.41, 5.74) is 1.49. The number of hydrogen-bond donors (Lipinski definition) is 2. The summed E-state index contributed by atoms with van der Waals surface area (Å²) in [6.45, 7) is 0.306. The predicted molar refractivity (Wildman–Crippen MR) is 99.2 cm³/mol. The van der Waals surface area contributed by atoms with Gasteiger partial charge in [-0.15, -0.1) is 0 Å². The molecule has 0 saturated carbocycles. The second-order valence-corrected chi connectivity index (χ2v) is 5.93. The second-order valence-electron chi connectivity index (χ2n) is 5.50. The van der Waals surface area contributed by atoms with Crippen LogP contribution in [0.4, 0.5) is 16.0 Å². The first-order valence-electron chi connectivity index (χ1n) is 7.99. The Balaban J connectivity index is 1.60.